The van der Waals surface area contributed by atoms with Gasteiger partial charge in [-0.1, -0.05) is 6.07 Å². The van der Waals surface area contributed by atoms with Gasteiger partial charge in [0.1, 0.15) is 5.75 Å². The molecule has 1 amide bonds. The van der Waals surface area contributed by atoms with Gasteiger partial charge >= 0.3 is 12.5 Å². The number of sulfone groups is 1. The van der Waals surface area contributed by atoms with Crippen molar-refractivity contribution in [3.63, 3.8) is 0 Å². The molecule has 12 heteroatoms. The van der Waals surface area contributed by atoms with Crippen LogP contribution in [0.5, 0.6) is 5.75 Å². The molecule has 0 unspecified atom stereocenters. The molecule has 2 aromatic carbocycles. The van der Waals surface area contributed by atoms with Crippen LogP contribution in [0, 0.1) is 0 Å². The summed E-state index contributed by atoms with van der Waals surface area (Å²) in [5.41, 5.74) is -1.75. The molecule has 1 N–H and O–H groups in total. The van der Waals surface area contributed by atoms with Crippen LogP contribution in [-0.4, -0.2) is 31.5 Å². The van der Waals surface area contributed by atoms with Crippen LogP contribution >= 0.6 is 0 Å². The Morgan fingerprint density at radius 1 is 1.00 bits per heavy atom. The number of carbonyl (C=O) groups excluding carboxylic acids is 1. The van der Waals surface area contributed by atoms with E-state index in [-0.39, 0.29) is 31.2 Å². The van der Waals surface area contributed by atoms with Crippen molar-refractivity contribution in [2.24, 2.45) is 0 Å². The topological polar surface area (TPSA) is 72.5 Å². The van der Waals surface area contributed by atoms with Crippen molar-refractivity contribution in [2.75, 3.05) is 0 Å². The molecule has 0 saturated heterocycles. The smallest absolute Gasteiger partial charge is 0.406 e. The monoisotopic (exact) mass is 509 g/mol. The van der Waals surface area contributed by atoms with Gasteiger partial charge in [-0.05, 0) is 75.1 Å². The van der Waals surface area contributed by atoms with Crippen LogP contribution in [0.25, 0.3) is 0 Å². The molecule has 5 nitrogen and oxygen atoms in total. The Kier molecular flexibility index (Phi) is 6.94. The molecule has 1 aliphatic carbocycles. The number of amides is 1. The number of benzene rings is 2. The molecular weight excluding hydrogens is 488 g/mol. The zero-order chi connectivity index (χ0) is 25.4. The van der Waals surface area contributed by atoms with Gasteiger partial charge in [0.25, 0.3) is 5.91 Å². The third kappa shape index (κ3) is 6.22. The SMILES string of the molecule is CC1(NC(=O)c2ccc(OC(F)(F)F)cc2)CCC(S(=O)(=O)c2cccc(C(F)(F)F)c2)CC1. The Morgan fingerprint density at radius 2 is 1.59 bits per heavy atom. The molecule has 34 heavy (non-hydrogen) atoms. The minimum Gasteiger partial charge on any atom is -0.406 e. The van der Waals surface area contributed by atoms with E-state index < -0.39 is 55.3 Å². The molecule has 1 fully saturated rings. The minimum absolute atomic E-state index is 0.0921. The van der Waals surface area contributed by atoms with E-state index in [9.17, 15) is 39.6 Å². The summed E-state index contributed by atoms with van der Waals surface area (Å²) < 4.78 is 105. The van der Waals surface area contributed by atoms with Gasteiger partial charge in [-0.25, -0.2) is 8.42 Å². The van der Waals surface area contributed by atoms with Gasteiger partial charge in [-0.2, -0.15) is 13.2 Å². The molecule has 1 saturated carbocycles. The maximum absolute atomic E-state index is 13.0. The van der Waals surface area contributed by atoms with Crippen molar-refractivity contribution < 1.29 is 44.3 Å². The van der Waals surface area contributed by atoms with Crippen molar-refractivity contribution in [3.05, 3.63) is 59.7 Å². The Hall–Kier alpha value is -2.76. The lowest BCUT2D eigenvalue weighted by Gasteiger charge is -2.37. The van der Waals surface area contributed by atoms with Crippen LogP contribution in [0.2, 0.25) is 0 Å². The van der Waals surface area contributed by atoms with E-state index in [0.29, 0.717) is 6.07 Å². The maximum atomic E-state index is 13.0. The van der Waals surface area contributed by atoms with Gasteiger partial charge in [-0.3, -0.25) is 4.79 Å². The molecule has 186 valence electrons. The molecule has 1 aliphatic rings. The Morgan fingerprint density at radius 3 is 2.12 bits per heavy atom. The van der Waals surface area contributed by atoms with E-state index in [4.69, 9.17) is 0 Å². The molecule has 2 aromatic rings. The molecule has 0 spiro atoms. The number of halogens is 6. The number of hydrogen-bond acceptors (Lipinski definition) is 4. The summed E-state index contributed by atoms with van der Waals surface area (Å²) in [6.45, 7) is 1.71. The lowest BCUT2D eigenvalue weighted by atomic mass is 9.83. The summed E-state index contributed by atoms with van der Waals surface area (Å²) in [4.78, 5) is 12.1. The molecule has 0 aromatic heterocycles. The average Bonchev–Trinajstić information content (AvgIpc) is 2.72. The molecule has 0 aliphatic heterocycles. The van der Waals surface area contributed by atoms with Gasteiger partial charge in [0.15, 0.2) is 9.84 Å². The van der Waals surface area contributed by atoms with Gasteiger partial charge < -0.3 is 10.1 Å². The van der Waals surface area contributed by atoms with Gasteiger partial charge in [0.05, 0.1) is 15.7 Å². The van der Waals surface area contributed by atoms with Crippen LogP contribution in [0.4, 0.5) is 26.3 Å². The molecule has 0 atom stereocenters. The van der Waals surface area contributed by atoms with E-state index in [0.717, 1.165) is 30.3 Å². The van der Waals surface area contributed by atoms with Crippen molar-refractivity contribution >= 4 is 15.7 Å². The standard InChI is InChI=1S/C22H21F6NO4S/c1-20(29-19(30)14-5-7-16(8-6-14)33-22(26,27)28)11-9-17(10-12-20)34(31,32)18-4-2-3-15(13-18)21(23,24)25/h2-8,13,17H,9-12H2,1H3,(H,29,30). The summed E-state index contributed by atoms with van der Waals surface area (Å²) in [5.74, 6) is -1.03. The highest BCUT2D eigenvalue weighted by Gasteiger charge is 2.39. The molecular formula is C22H21F6NO4S. The number of carbonyl (C=O) groups is 1. The van der Waals surface area contributed by atoms with E-state index >= 15 is 0 Å². The quantitative estimate of drug-likeness (QED) is 0.540. The highest BCUT2D eigenvalue weighted by Crippen LogP contribution is 2.36. The predicted octanol–water partition coefficient (Wildman–Crippen LogP) is 5.51. The van der Waals surface area contributed by atoms with E-state index in [1.54, 1.807) is 6.92 Å². The fraction of sp³-hybridized carbons (Fsp3) is 0.409. The number of nitrogens with one attached hydrogen (secondary N) is 1. The predicted molar refractivity (Wildman–Crippen MR) is 110 cm³/mol. The average molecular weight is 509 g/mol. The van der Waals surface area contributed by atoms with Crippen LogP contribution in [-0.2, 0) is 16.0 Å². The first-order valence-electron chi connectivity index (χ1n) is 10.2. The van der Waals surface area contributed by atoms with Crippen molar-refractivity contribution in [3.8, 4) is 5.75 Å². The first-order chi connectivity index (χ1) is 15.6. The number of rotatable bonds is 5. The van der Waals surface area contributed by atoms with Crippen molar-refractivity contribution in [1.29, 1.82) is 0 Å². The number of ether oxygens (including phenoxy) is 1. The number of hydrogen-bond donors (Lipinski definition) is 1. The van der Waals surface area contributed by atoms with Crippen LogP contribution < -0.4 is 10.1 Å². The first kappa shape index (κ1) is 25.9. The zero-order valence-electron chi connectivity index (χ0n) is 17.8. The third-order valence-corrected chi connectivity index (χ3v) is 7.99. The van der Waals surface area contributed by atoms with Gasteiger partial charge in [0.2, 0.25) is 0 Å². The van der Waals surface area contributed by atoms with Crippen LogP contribution in [0.1, 0.15) is 48.5 Å². The Balaban J connectivity index is 1.65. The highest BCUT2D eigenvalue weighted by molar-refractivity contribution is 7.92. The normalized spacial score (nSPS) is 21.7. The lowest BCUT2D eigenvalue weighted by molar-refractivity contribution is -0.274. The minimum atomic E-state index is -4.86. The van der Waals surface area contributed by atoms with E-state index in [1.807, 2.05) is 0 Å². The van der Waals surface area contributed by atoms with Gasteiger partial charge in [-0.15, -0.1) is 13.2 Å². The maximum Gasteiger partial charge on any atom is 0.573 e. The molecule has 0 bridgehead atoms. The Bertz CT molecular complexity index is 1140. The zero-order valence-corrected chi connectivity index (χ0v) is 18.7. The summed E-state index contributed by atoms with van der Waals surface area (Å²) in [5, 5.41) is 1.87. The van der Waals surface area contributed by atoms with E-state index in [1.165, 1.54) is 12.1 Å². The first-order valence-corrected chi connectivity index (χ1v) is 11.7. The Labute approximate surface area is 192 Å². The second-order valence-electron chi connectivity index (χ2n) is 8.36. The number of alkyl halides is 6. The van der Waals surface area contributed by atoms with Crippen molar-refractivity contribution in [2.45, 2.75) is 60.8 Å². The van der Waals surface area contributed by atoms with Crippen LogP contribution in [0.15, 0.2) is 53.4 Å². The summed E-state index contributed by atoms with van der Waals surface area (Å²) in [6, 6.07) is 7.95. The second kappa shape index (κ2) is 9.12. The largest absolute Gasteiger partial charge is 0.573 e. The van der Waals surface area contributed by atoms with E-state index in [2.05, 4.69) is 10.1 Å². The molecule has 0 heterocycles. The van der Waals surface area contributed by atoms with Crippen molar-refractivity contribution in [1.82, 2.24) is 5.32 Å². The fourth-order valence-electron chi connectivity index (χ4n) is 3.86. The fourth-order valence-corrected chi connectivity index (χ4v) is 5.66. The summed E-state index contributed by atoms with van der Waals surface area (Å²) in [7, 11) is -4.01. The second-order valence-corrected chi connectivity index (χ2v) is 10.6. The highest BCUT2D eigenvalue weighted by atomic mass is 32.2. The lowest BCUT2D eigenvalue weighted by Crippen LogP contribution is -2.49. The molecule has 3 rings (SSSR count). The van der Waals surface area contributed by atoms with Crippen LogP contribution in [0.3, 0.4) is 0 Å². The summed E-state index contributed by atoms with van der Waals surface area (Å²) in [6.07, 6.45) is -8.79. The third-order valence-electron chi connectivity index (χ3n) is 5.73. The van der Waals surface area contributed by atoms with Gasteiger partial charge in [0, 0.05) is 11.1 Å². The summed E-state index contributed by atoms with van der Waals surface area (Å²) >= 11 is 0. The molecule has 0 radical (unpaired) electrons.